The van der Waals surface area contributed by atoms with Gasteiger partial charge in [0.05, 0.1) is 6.61 Å². The Labute approximate surface area is 154 Å². The lowest BCUT2D eigenvalue weighted by Crippen LogP contribution is -2.50. The van der Waals surface area contributed by atoms with E-state index in [2.05, 4.69) is 5.32 Å². The van der Waals surface area contributed by atoms with E-state index in [0.717, 1.165) is 44.3 Å². The van der Waals surface area contributed by atoms with E-state index in [0.29, 0.717) is 19.4 Å². The first-order chi connectivity index (χ1) is 12.7. The second-order valence-corrected chi connectivity index (χ2v) is 6.38. The highest BCUT2D eigenvalue weighted by Gasteiger charge is 2.37. The van der Waals surface area contributed by atoms with Gasteiger partial charge in [0.2, 0.25) is 5.91 Å². The molecule has 0 radical (unpaired) electrons. The lowest BCUT2D eigenvalue weighted by molar-refractivity contribution is -0.134. The zero-order chi connectivity index (χ0) is 18.8. The average Bonchev–Trinajstić information content (AvgIpc) is 3.38. The van der Waals surface area contributed by atoms with Crippen LogP contribution >= 0.6 is 0 Å². The number of nitrogens with one attached hydrogen (secondary N) is 1. The minimum absolute atomic E-state index is 0.126. The van der Waals surface area contributed by atoms with Crippen LogP contribution in [0.5, 0.6) is 0 Å². The van der Waals surface area contributed by atoms with Crippen molar-refractivity contribution >= 4 is 18.2 Å². The summed E-state index contributed by atoms with van der Waals surface area (Å²) in [6.07, 6.45) is 4.29. The predicted molar refractivity (Wildman–Crippen MR) is 97.4 cm³/mol. The fourth-order valence-corrected chi connectivity index (χ4v) is 3.29. The molecule has 0 saturated carbocycles. The van der Waals surface area contributed by atoms with Gasteiger partial charge in [-0.2, -0.15) is 0 Å². The SMILES string of the molecule is O=C(C1CCCN1C(=O)NCc1ccccc1)N1CCCC1.O=CCO. The van der Waals surface area contributed by atoms with Crippen molar-refractivity contribution in [3.63, 3.8) is 0 Å². The molecule has 0 aliphatic carbocycles. The molecule has 0 bridgehead atoms. The van der Waals surface area contributed by atoms with E-state index in [1.807, 2.05) is 35.2 Å². The van der Waals surface area contributed by atoms with Gasteiger partial charge in [0.25, 0.3) is 0 Å². The predicted octanol–water partition coefficient (Wildman–Crippen LogP) is 1.16. The normalized spacial score (nSPS) is 18.9. The smallest absolute Gasteiger partial charge is 0.318 e. The van der Waals surface area contributed by atoms with Crippen molar-refractivity contribution in [3.8, 4) is 0 Å². The number of carbonyl (C=O) groups is 3. The minimum atomic E-state index is -0.361. The van der Waals surface area contributed by atoms with E-state index >= 15 is 0 Å². The third kappa shape index (κ3) is 5.56. The van der Waals surface area contributed by atoms with Gasteiger partial charge >= 0.3 is 6.03 Å². The number of likely N-dealkylation sites (tertiary alicyclic amines) is 2. The highest BCUT2D eigenvalue weighted by molar-refractivity contribution is 5.87. The Hall–Kier alpha value is -2.41. The van der Waals surface area contributed by atoms with Crippen LogP contribution in [-0.2, 0) is 16.1 Å². The largest absolute Gasteiger partial charge is 0.389 e. The summed E-state index contributed by atoms with van der Waals surface area (Å²) in [5.74, 6) is 0.130. The zero-order valence-electron chi connectivity index (χ0n) is 15.0. The zero-order valence-corrected chi connectivity index (χ0v) is 15.0. The quantitative estimate of drug-likeness (QED) is 0.788. The minimum Gasteiger partial charge on any atom is -0.389 e. The second-order valence-electron chi connectivity index (χ2n) is 6.38. The van der Waals surface area contributed by atoms with Crippen LogP contribution in [0.2, 0.25) is 0 Å². The maximum atomic E-state index is 12.5. The van der Waals surface area contributed by atoms with Crippen LogP contribution in [0, 0.1) is 0 Å². The molecule has 0 spiro atoms. The topological polar surface area (TPSA) is 90.0 Å². The van der Waals surface area contributed by atoms with Crippen LogP contribution in [0.1, 0.15) is 31.2 Å². The number of amides is 3. The summed E-state index contributed by atoms with van der Waals surface area (Å²) in [4.78, 5) is 37.5. The molecule has 2 aliphatic rings. The van der Waals surface area contributed by atoms with E-state index in [1.54, 1.807) is 4.90 Å². The Balaban J connectivity index is 0.000000552. The number of rotatable bonds is 4. The van der Waals surface area contributed by atoms with Crippen LogP contribution in [-0.4, -0.2) is 65.4 Å². The Kier molecular flexibility index (Phi) is 8.08. The molecule has 1 aromatic carbocycles. The molecule has 1 unspecified atom stereocenters. The fourth-order valence-electron chi connectivity index (χ4n) is 3.29. The van der Waals surface area contributed by atoms with Gasteiger partial charge in [0.15, 0.2) is 0 Å². The first kappa shape index (κ1) is 19.9. The Morgan fingerprint density at radius 1 is 1.12 bits per heavy atom. The molecular weight excluding hydrogens is 334 g/mol. The lowest BCUT2D eigenvalue weighted by Gasteiger charge is -2.27. The van der Waals surface area contributed by atoms with Crippen LogP contribution in [0.25, 0.3) is 0 Å². The van der Waals surface area contributed by atoms with Crippen molar-refractivity contribution < 1.29 is 19.5 Å². The van der Waals surface area contributed by atoms with Gasteiger partial charge in [-0.05, 0) is 31.2 Å². The average molecular weight is 361 g/mol. The van der Waals surface area contributed by atoms with Gasteiger partial charge in [0.1, 0.15) is 12.3 Å². The Morgan fingerprint density at radius 2 is 1.77 bits per heavy atom. The van der Waals surface area contributed by atoms with Gasteiger partial charge in [-0.15, -0.1) is 0 Å². The van der Waals surface area contributed by atoms with Crippen molar-refractivity contribution in [1.82, 2.24) is 15.1 Å². The molecule has 3 rings (SSSR count). The Morgan fingerprint density at radius 3 is 2.38 bits per heavy atom. The van der Waals surface area contributed by atoms with Crippen LogP contribution in [0.15, 0.2) is 30.3 Å². The van der Waals surface area contributed by atoms with Gasteiger partial charge in [-0.3, -0.25) is 4.79 Å². The maximum Gasteiger partial charge on any atom is 0.318 e. The van der Waals surface area contributed by atoms with E-state index in [-0.39, 0.29) is 24.6 Å². The number of hydrogen-bond donors (Lipinski definition) is 2. The third-order valence-corrected chi connectivity index (χ3v) is 4.58. The molecule has 7 heteroatoms. The van der Waals surface area contributed by atoms with Gasteiger partial charge in [-0.1, -0.05) is 30.3 Å². The van der Waals surface area contributed by atoms with Gasteiger partial charge in [-0.25, -0.2) is 4.79 Å². The summed E-state index contributed by atoms with van der Waals surface area (Å²) in [6.45, 7) is 2.50. The second kappa shape index (κ2) is 10.6. The number of benzene rings is 1. The van der Waals surface area contributed by atoms with Crippen molar-refractivity contribution in [2.75, 3.05) is 26.2 Å². The molecule has 2 fully saturated rings. The summed E-state index contributed by atoms with van der Waals surface area (Å²) in [7, 11) is 0. The number of nitrogens with zero attached hydrogens (tertiary/aromatic N) is 2. The van der Waals surface area contributed by atoms with E-state index in [9.17, 15) is 9.59 Å². The van der Waals surface area contributed by atoms with Crippen LogP contribution in [0.3, 0.4) is 0 Å². The number of aldehydes is 1. The number of aliphatic hydroxyl groups is 1. The third-order valence-electron chi connectivity index (χ3n) is 4.58. The summed E-state index contributed by atoms with van der Waals surface area (Å²) in [5.41, 5.74) is 1.07. The molecule has 2 saturated heterocycles. The molecule has 26 heavy (non-hydrogen) atoms. The highest BCUT2D eigenvalue weighted by Crippen LogP contribution is 2.21. The van der Waals surface area contributed by atoms with Crippen LogP contribution in [0.4, 0.5) is 4.79 Å². The molecule has 7 nitrogen and oxygen atoms in total. The van der Waals surface area contributed by atoms with Crippen molar-refractivity contribution in [3.05, 3.63) is 35.9 Å². The first-order valence-corrected chi connectivity index (χ1v) is 9.09. The van der Waals surface area contributed by atoms with E-state index in [1.165, 1.54) is 0 Å². The molecule has 1 atom stereocenters. The molecule has 1 aromatic rings. The van der Waals surface area contributed by atoms with E-state index in [4.69, 9.17) is 9.90 Å². The molecule has 3 amide bonds. The number of hydrogen-bond acceptors (Lipinski definition) is 4. The maximum absolute atomic E-state index is 12.5. The van der Waals surface area contributed by atoms with Crippen molar-refractivity contribution in [2.24, 2.45) is 0 Å². The standard InChI is InChI=1S/C17H23N3O2.C2H4O2/c21-16(19-10-4-5-11-19)15-9-6-12-20(15)17(22)18-13-14-7-2-1-3-8-14;3-1-2-4/h1-3,7-8,15H,4-6,9-13H2,(H,18,22);1,4H,2H2. The number of urea groups is 1. The summed E-state index contributed by atoms with van der Waals surface area (Å²) in [5, 5.41) is 10.4. The molecular formula is C19H27N3O4. The van der Waals surface area contributed by atoms with Crippen molar-refractivity contribution in [2.45, 2.75) is 38.3 Å². The summed E-state index contributed by atoms with van der Waals surface area (Å²) >= 11 is 0. The molecule has 2 aliphatic heterocycles. The number of aliphatic hydroxyl groups excluding tert-OH is 1. The highest BCUT2D eigenvalue weighted by atomic mass is 16.3. The van der Waals surface area contributed by atoms with Gasteiger partial charge < -0.3 is 25.0 Å². The lowest BCUT2D eigenvalue weighted by atomic mass is 10.2. The van der Waals surface area contributed by atoms with E-state index < -0.39 is 0 Å². The molecule has 2 N–H and O–H groups in total. The monoisotopic (exact) mass is 361 g/mol. The Bertz CT molecular complexity index is 588. The molecule has 2 heterocycles. The van der Waals surface area contributed by atoms with Crippen LogP contribution < -0.4 is 5.32 Å². The summed E-state index contributed by atoms with van der Waals surface area (Å²) < 4.78 is 0. The molecule has 142 valence electrons. The first-order valence-electron chi connectivity index (χ1n) is 9.09. The molecule has 0 aromatic heterocycles. The summed E-state index contributed by atoms with van der Waals surface area (Å²) in [6, 6.07) is 9.44. The van der Waals surface area contributed by atoms with Gasteiger partial charge in [0, 0.05) is 26.2 Å². The van der Waals surface area contributed by atoms with Crippen molar-refractivity contribution in [1.29, 1.82) is 0 Å². The fraction of sp³-hybridized carbons (Fsp3) is 0.526. The number of carbonyl (C=O) groups excluding carboxylic acids is 3.